The average molecular weight is 361 g/mol. The van der Waals surface area contributed by atoms with Gasteiger partial charge in [0.2, 0.25) is 0 Å². The van der Waals surface area contributed by atoms with E-state index in [0.717, 1.165) is 6.07 Å². The van der Waals surface area contributed by atoms with Gasteiger partial charge in [-0.05, 0) is 24.3 Å². The number of benzene rings is 2. The number of H-pyrrole nitrogens is 1. The molecule has 0 saturated carbocycles. The number of fused-ring (bicyclic) bond motifs is 3. The van der Waals surface area contributed by atoms with Gasteiger partial charge >= 0.3 is 6.18 Å². The third-order valence-electron chi connectivity index (χ3n) is 4.07. The Hall–Kier alpha value is -3.29. The normalized spacial score (nSPS) is 12.0. The minimum absolute atomic E-state index is 0.103. The Labute approximate surface area is 143 Å². The first kappa shape index (κ1) is 16.2. The summed E-state index contributed by atoms with van der Waals surface area (Å²) in [6, 6.07) is 7.63. The van der Waals surface area contributed by atoms with E-state index in [9.17, 15) is 22.4 Å². The molecule has 8 heteroatoms. The number of aromatic amines is 1. The Morgan fingerprint density at radius 3 is 2.58 bits per heavy atom. The van der Waals surface area contributed by atoms with Crippen LogP contribution >= 0.6 is 0 Å². The number of nitrogens with zero attached hydrogens (tertiary/aromatic N) is 1. The fourth-order valence-corrected chi connectivity index (χ4v) is 2.98. The molecule has 2 aromatic carbocycles. The molecule has 4 aromatic rings. The van der Waals surface area contributed by atoms with E-state index in [1.165, 1.54) is 41.2 Å². The molecule has 0 spiro atoms. The number of hydrogen-bond donors (Lipinski definition) is 2. The number of anilines is 2. The topological polar surface area (TPSA) is 49.3 Å². The minimum atomic E-state index is -4.66. The van der Waals surface area contributed by atoms with Crippen molar-refractivity contribution in [3.63, 3.8) is 0 Å². The number of alkyl halides is 3. The van der Waals surface area contributed by atoms with Crippen molar-refractivity contribution in [1.29, 1.82) is 0 Å². The SMILES string of the molecule is O=c1cc(C(F)(F)F)c2cn3cc[nH]c(Nc4ccccc4F)c3c2c1. The van der Waals surface area contributed by atoms with E-state index in [4.69, 9.17) is 0 Å². The summed E-state index contributed by atoms with van der Waals surface area (Å²) < 4.78 is 55.3. The number of halogens is 4. The van der Waals surface area contributed by atoms with Crippen molar-refractivity contribution in [3.8, 4) is 0 Å². The highest BCUT2D eigenvalue weighted by atomic mass is 19.4. The third-order valence-corrected chi connectivity index (χ3v) is 4.07. The molecule has 0 radical (unpaired) electrons. The second kappa shape index (κ2) is 5.62. The number of para-hydroxylation sites is 1. The predicted molar refractivity (Wildman–Crippen MR) is 90.2 cm³/mol. The van der Waals surface area contributed by atoms with E-state index in [1.807, 2.05) is 0 Å². The predicted octanol–water partition coefficient (Wildman–Crippen LogP) is 4.68. The lowest BCUT2D eigenvalue weighted by Crippen LogP contribution is -2.10. The molecule has 2 N–H and O–H groups in total. The van der Waals surface area contributed by atoms with Crippen molar-refractivity contribution >= 4 is 27.8 Å². The summed E-state index contributed by atoms with van der Waals surface area (Å²) in [5, 5.41) is 2.86. The maximum Gasteiger partial charge on any atom is 0.417 e. The maximum absolute atomic E-state index is 13.9. The Kier molecular flexibility index (Phi) is 3.50. The van der Waals surface area contributed by atoms with Gasteiger partial charge in [-0.1, -0.05) is 12.1 Å². The van der Waals surface area contributed by atoms with Crippen molar-refractivity contribution in [2.45, 2.75) is 6.18 Å². The molecule has 4 nitrogen and oxygen atoms in total. The van der Waals surface area contributed by atoms with Crippen LogP contribution in [0.1, 0.15) is 5.56 Å². The van der Waals surface area contributed by atoms with Crippen LogP contribution in [0.25, 0.3) is 16.3 Å². The van der Waals surface area contributed by atoms with E-state index in [0.29, 0.717) is 11.6 Å². The zero-order valence-electron chi connectivity index (χ0n) is 13.1. The Morgan fingerprint density at radius 2 is 1.85 bits per heavy atom. The van der Waals surface area contributed by atoms with E-state index >= 15 is 0 Å². The zero-order valence-corrected chi connectivity index (χ0v) is 13.1. The first-order valence-corrected chi connectivity index (χ1v) is 7.59. The highest BCUT2D eigenvalue weighted by molar-refractivity contribution is 6.04. The molecule has 0 unspecified atom stereocenters. The molecule has 0 aliphatic rings. The molecule has 0 fully saturated rings. The van der Waals surface area contributed by atoms with Crippen LogP contribution in [0.5, 0.6) is 0 Å². The van der Waals surface area contributed by atoms with E-state index < -0.39 is 23.0 Å². The van der Waals surface area contributed by atoms with Gasteiger partial charge in [0.1, 0.15) is 11.6 Å². The summed E-state index contributed by atoms with van der Waals surface area (Å²) in [6.07, 6.45) is -0.341. The summed E-state index contributed by atoms with van der Waals surface area (Å²) >= 11 is 0. The van der Waals surface area contributed by atoms with Gasteiger partial charge in [-0.2, -0.15) is 13.2 Å². The van der Waals surface area contributed by atoms with E-state index in [2.05, 4.69) is 10.3 Å². The van der Waals surface area contributed by atoms with Gasteiger partial charge < -0.3 is 14.7 Å². The molecule has 0 atom stereocenters. The fraction of sp³-hybridized carbons (Fsp3) is 0.0556. The second-order valence-electron chi connectivity index (χ2n) is 5.75. The van der Waals surface area contributed by atoms with Gasteiger partial charge in [0.15, 0.2) is 5.43 Å². The number of nitrogens with one attached hydrogen (secondary N) is 2. The minimum Gasteiger partial charge on any atom is -0.345 e. The van der Waals surface area contributed by atoms with Crippen LogP contribution < -0.4 is 10.7 Å². The second-order valence-corrected chi connectivity index (χ2v) is 5.75. The number of aromatic nitrogens is 2. The Morgan fingerprint density at radius 1 is 1.08 bits per heavy atom. The summed E-state index contributed by atoms with van der Waals surface area (Å²) in [6.45, 7) is 0. The molecule has 0 amide bonds. The van der Waals surface area contributed by atoms with Gasteiger partial charge in [-0.3, -0.25) is 4.79 Å². The van der Waals surface area contributed by atoms with Gasteiger partial charge in [0.05, 0.1) is 16.8 Å². The van der Waals surface area contributed by atoms with Crippen LogP contribution in [-0.2, 0) is 6.18 Å². The fourth-order valence-electron chi connectivity index (χ4n) is 2.98. The highest BCUT2D eigenvalue weighted by Gasteiger charge is 2.34. The summed E-state index contributed by atoms with van der Waals surface area (Å²) in [4.78, 5) is 14.7. The Bertz CT molecular complexity index is 1190. The first-order chi connectivity index (χ1) is 12.3. The van der Waals surface area contributed by atoms with Crippen molar-refractivity contribution < 1.29 is 17.6 Å². The van der Waals surface area contributed by atoms with Crippen LogP contribution in [0, 0.1) is 5.82 Å². The number of hydrogen-bond acceptors (Lipinski definition) is 2. The maximum atomic E-state index is 13.9. The third kappa shape index (κ3) is 2.59. The highest BCUT2D eigenvalue weighted by Crippen LogP contribution is 2.37. The van der Waals surface area contributed by atoms with Crippen molar-refractivity contribution in [2.24, 2.45) is 0 Å². The monoisotopic (exact) mass is 361 g/mol. The molecule has 0 aliphatic heterocycles. The Balaban J connectivity index is 2.02. The van der Waals surface area contributed by atoms with E-state index in [1.54, 1.807) is 6.07 Å². The molecule has 4 rings (SSSR count). The molecule has 2 aromatic heterocycles. The summed E-state index contributed by atoms with van der Waals surface area (Å²) in [7, 11) is 0. The summed E-state index contributed by atoms with van der Waals surface area (Å²) in [5.74, 6) is -0.245. The van der Waals surface area contributed by atoms with E-state index in [-0.39, 0.29) is 22.3 Å². The molecule has 26 heavy (non-hydrogen) atoms. The van der Waals surface area contributed by atoms with Gasteiger partial charge in [0, 0.05) is 29.4 Å². The van der Waals surface area contributed by atoms with Gasteiger partial charge in [0.25, 0.3) is 0 Å². The zero-order chi connectivity index (χ0) is 18.5. The molecular formula is C18H11F4N3O. The quantitative estimate of drug-likeness (QED) is 0.509. The largest absolute Gasteiger partial charge is 0.417 e. The standard InChI is InChI=1S/C18H11F4N3O/c19-14-3-1-2-4-15(14)24-17-16-11-7-10(26)8-13(18(20,21)22)12(11)9-25(16)6-5-23-17/h1-9,23-24H. The molecule has 132 valence electrons. The first-order valence-electron chi connectivity index (χ1n) is 7.59. The summed E-state index contributed by atoms with van der Waals surface area (Å²) in [5.41, 5.74) is -1.28. The average Bonchev–Trinajstić information content (AvgIpc) is 2.94. The molecule has 0 aliphatic carbocycles. The van der Waals surface area contributed by atoms with Crippen molar-refractivity contribution in [1.82, 2.24) is 9.38 Å². The molecule has 2 heterocycles. The lowest BCUT2D eigenvalue weighted by molar-refractivity contribution is -0.136. The van der Waals surface area contributed by atoms with Crippen molar-refractivity contribution in [3.05, 3.63) is 76.6 Å². The molecule has 0 bridgehead atoms. The van der Waals surface area contributed by atoms with Crippen LogP contribution in [0.2, 0.25) is 0 Å². The van der Waals surface area contributed by atoms with Gasteiger partial charge in [-0.25, -0.2) is 4.39 Å². The smallest absolute Gasteiger partial charge is 0.345 e. The number of rotatable bonds is 2. The van der Waals surface area contributed by atoms with Crippen molar-refractivity contribution in [2.75, 3.05) is 5.32 Å². The van der Waals surface area contributed by atoms with Crippen LogP contribution in [0.15, 0.2) is 59.8 Å². The lowest BCUT2D eigenvalue weighted by Gasteiger charge is -2.10. The van der Waals surface area contributed by atoms with Gasteiger partial charge in [-0.15, -0.1) is 0 Å². The van der Waals surface area contributed by atoms with Crippen LogP contribution in [0.4, 0.5) is 29.1 Å². The molecular weight excluding hydrogens is 350 g/mol. The lowest BCUT2D eigenvalue weighted by atomic mass is 10.1. The van der Waals surface area contributed by atoms with Crippen LogP contribution in [0.3, 0.4) is 0 Å². The molecule has 0 saturated heterocycles. The van der Waals surface area contributed by atoms with Crippen LogP contribution in [-0.4, -0.2) is 9.38 Å².